The maximum absolute atomic E-state index is 5.15. The van der Waals surface area contributed by atoms with Gasteiger partial charge >= 0.3 is 0 Å². The standard InChI is InChI=1S/C22H35N7O.HI/c1-5-28(6-2)14-18-10-8-7-9-17(18)13-24-22(23-3)25-19-11-12-21-26-20(16-30-4)27-29(21)15-19;/h7-10,19H,5-6,11-16H2,1-4H3,(H2,23,24,25);1H. The number of methoxy groups -OCH3 is 1. The lowest BCUT2D eigenvalue weighted by atomic mass is 10.1. The molecule has 0 saturated heterocycles. The molecule has 1 aliphatic rings. The molecule has 2 aromatic rings. The second-order valence-corrected chi connectivity index (χ2v) is 7.60. The topological polar surface area (TPSA) is 79.6 Å². The molecule has 1 aromatic heterocycles. The van der Waals surface area contributed by atoms with Gasteiger partial charge in [-0.2, -0.15) is 5.10 Å². The van der Waals surface area contributed by atoms with E-state index in [1.54, 1.807) is 7.11 Å². The second kappa shape index (κ2) is 13.0. The molecular formula is C22H36IN7O. The molecule has 0 spiro atoms. The minimum Gasteiger partial charge on any atom is -0.377 e. The van der Waals surface area contributed by atoms with Crippen LogP contribution in [0.25, 0.3) is 0 Å². The lowest BCUT2D eigenvalue weighted by Gasteiger charge is -2.26. The zero-order valence-electron chi connectivity index (χ0n) is 19.1. The number of benzene rings is 1. The Labute approximate surface area is 202 Å². The summed E-state index contributed by atoms with van der Waals surface area (Å²) in [5, 5.41) is 11.6. The number of ether oxygens (including phenoxy) is 1. The normalized spacial score (nSPS) is 16.0. The van der Waals surface area contributed by atoms with Crippen LogP contribution in [0.5, 0.6) is 0 Å². The SMILES string of the molecule is CCN(CC)Cc1ccccc1CNC(=NC)NC1CCc2nc(COC)nn2C1.I. The highest BCUT2D eigenvalue weighted by molar-refractivity contribution is 14.0. The van der Waals surface area contributed by atoms with Crippen LogP contribution >= 0.6 is 24.0 Å². The van der Waals surface area contributed by atoms with E-state index in [1.165, 1.54) is 11.1 Å². The van der Waals surface area contributed by atoms with Gasteiger partial charge in [-0.25, -0.2) is 9.67 Å². The molecule has 1 aromatic carbocycles. The van der Waals surface area contributed by atoms with Crippen molar-refractivity contribution in [1.29, 1.82) is 0 Å². The highest BCUT2D eigenvalue weighted by Gasteiger charge is 2.22. The summed E-state index contributed by atoms with van der Waals surface area (Å²) in [6.45, 7) is 9.48. The van der Waals surface area contributed by atoms with Gasteiger partial charge in [-0.3, -0.25) is 9.89 Å². The fraction of sp³-hybridized carbons (Fsp3) is 0.591. The zero-order valence-corrected chi connectivity index (χ0v) is 21.4. The van der Waals surface area contributed by atoms with E-state index in [9.17, 15) is 0 Å². The van der Waals surface area contributed by atoms with Crippen LogP contribution < -0.4 is 10.6 Å². The van der Waals surface area contributed by atoms with E-state index >= 15 is 0 Å². The number of aryl methyl sites for hydroxylation is 1. The van der Waals surface area contributed by atoms with E-state index < -0.39 is 0 Å². The van der Waals surface area contributed by atoms with Gasteiger partial charge < -0.3 is 15.4 Å². The average molecular weight is 541 g/mol. The molecule has 8 nitrogen and oxygen atoms in total. The van der Waals surface area contributed by atoms with Crippen LogP contribution in [0.2, 0.25) is 0 Å². The fourth-order valence-corrected chi connectivity index (χ4v) is 3.81. The molecule has 0 fully saturated rings. The Bertz CT molecular complexity index is 835. The van der Waals surface area contributed by atoms with Crippen molar-refractivity contribution in [1.82, 2.24) is 30.3 Å². The van der Waals surface area contributed by atoms with E-state index in [4.69, 9.17) is 4.74 Å². The molecule has 2 heterocycles. The first-order valence-electron chi connectivity index (χ1n) is 10.8. The maximum atomic E-state index is 5.15. The number of rotatable bonds is 9. The highest BCUT2D eigenvalue weighted by atomic mass is 127. The van der Waals surface area contributed by atoms with E-state index in [2.05, 4.69) is 68.7 Å². The lowest BCUT2D eigenvalue weighted by molar-refractivity contribution is 0.177. The first-order chi connectivity index (χ1) is 14.7. The van der Waals surface area contributed by atoms with Crippen LogP contribution in [0, 0.1) is 0 Å². The van der Waals surface area contributed by atoms with Gasteiger partial charge in [0.05, 0.1) is 6.54 Å². The third kappa shape index (κ3) is 7.15. The first-order valence-corrected chi connectivity index (χ1v) is 10.8. The van der Waals surface area contributed by atoms with Crippen LogP contribution in [0.1, 0.15) is 43.0 Å². The number of nitrogens with one attached hydrogen (secondary N) is 2. The van der Waals surface area contributed by atoms with E-state index in [1.807, 2.05) is 11.7 Å². The van der Waals surface area contributed by atoms with Crippen molar-refractivity contribution in [3.63, 3.8) is 0 Å². The van der Waals surface area contributed by atoms with Gasteiger partial charge in [0.1, 0.15) is 12.4 Å². The molecular weight excluding hydrogens is 505 g/mol. The van der Waals surface area contributed by atoms with Gasteiger partial charge in [0.25, 0.3) is 0 Å². The number of halogens is 1. The van der Waals surface area contributed by atoms with Gasteiger partial charge in [-0.15, -0.1) is 24.0 Å². The summed E-state index contributed by atoms with van der Waals surface area (Å²) < 4.78 is 7.14. The lowest BCUT2D eigenvalue weighted by Crippen LogP contribution is -2.46. The monoisotopic (exact) mass is 541 g/mol. The minimum atomic E-state index is 0. The summed E-state index contributed by atoms with van der Waals surface area (Å²) in [5.41, 5.74) is 2.67. The van der Waals surface area contributed by atoms with Crippen molar-refractivity contribution < 1.29 is 4.74 Å². The largest absolute Gasteiger partial charge is 0.377 e. The highest BCUT2D eigenvalue weighted by Crippen LogP contribution is 2.14. The van der Waals surface area contributed by atoms with E-state index in [0.717, 1.165) is 63.2 Å². The molecule has 0 aliphatic carbocycles. The van der Waals surface area contributed by atoms with Crippen LogP contribution in [-0.4, -0.2) is 58.9 Å². The number of guanidine groups is 1. The molecule has 1 atom stereocenters. The predicted octanol–water partition coefficient (Wildman–Crippen LogP) is 2.56. The van der Waals surface area contributed by atoms with Crippen molar-refractivity contribution in [3.8, 4) is 0 Å². The van der Waals surface area contributed by atoms with Gasteiger partial charge in [-0.05, 0) is 30.6 Å². The van der Waals surface area contributed by atoms with Gasteiger partial charge in [0.2, 0.25) is 0 Å². The summed E-state index contributed by atoms with van der Waals surface area (Å²) in [5.74, 6) is 2.60. The third-order valence-electron chi connectivity index (χ3n) is 5.59. The third-order valence-corrected chi connectivity index (χ3v) is 5.59. The molecule has 9 heteroatoms. The van der Waals surface area contributed by atoms with Crippen LogP contribution in [0.15, 0.2) is 29.3 Å². The quantitative estimate of drug-likeness (QED) is 0.289. The molecule has 2 N–H and O–H groups in total. The minimum absolute atomic E-state index is 0. The maximum Gasteiger partial charge on any atom is 0.191 e. The van der Waals surface area contributed by atoms with Crippen molar-refractivity contribution in [2.45, 2.75) is 59.0 Å². The average Bonchev–Trinajstić information content (AvgIpc) is 3.17. The van der Waals surface area contributed by atoms with Gasteiger partial charge in [0, 0.05) is 39.7 Å². The summed E-state index contributed by atoms with van der Waals surface area (Å²) in [6, 6.07) is 8.90. The number of aromatic nitrogens is 3. The number of aliphatic imine (C=N–C) groups is 1. The smallest absolute Gasteiger partial charge is 0.191 e. The fourth-order valence-electron chi connectivity index (χ4n) is 3.81. The van der Waals surface area contributed by atoms with Crippen molar-refractivity contribution >= 4 is 29.9 Å². The Morgan fingerprint density at radius 2 is 2.00 bits per heavy atom. The molecule has 3 rings (SSSR count). The van der Waals surface area contributed by atoms with E-state index in [-0.39, 0.29) is 30.0 Å². The van der Waals surface area contributed by atoms with Crippen molar-refractivity contribution in [2.24, 2.45) is 4.99 Å². The summed E-state index contributed by atoms with van der Waals surface area (Å²) >= 11 is 0. The van der Waals surface area contributed by atoms with E-state index in [0.29, 0.717) is 6.61 Å². The molecule has 1 unspecified atom stereocenters. The van der Waals surface area contributed by atoms with Crippen LogP contribution in [-0.2, 0) is 37.4 Å². The molecule has 0 amide bonds. The Hall–Kier alpha value is -1.72. The predicted molar refractivity (Wildman–Crippen MR) is 135 cm³/mol. The molecule has 31 heavy (non-hydrogen) atoms. The molecule has 1 aliphatic heterocycles. The van der Waals surface area contributed by atoms with Gasteiger partial charge in [0.15, 0.2) is 11.8 Å². The number of hydrogen-bond donors (Lipinski definition) is 2. The zero-order chi connectivity index (χ0) is 21.3. The first kappa shape index (κ1) is 25.5. The number of fused-ring (bicyclic) bond motifs is 1. The van der Waals surface area contributed by atoms with Crippen molar-refractivity contribution in [3.05, 3.63) is 47.0 Å². The molecule has 0 bridgehead atoms. The Kier molecular flexibility index (Phi) is 10.7. The van der Waals surface area contributed by atoms with Crippen molar-refractivity contribution in [2.75, 3.05) is 27.2 Å². The summed E-state index contributed by atoms with van der Waals surface area (Å²) in [4.78, 5) is 11.4. The Morgan fingerprint density at radius 1 is 1.26 bits per heavy atom. The Balaban J connectivity index is 0.00000341. The number of hydrogen-bond acceptors (Lipinski definition) is 5. The number of nitrogens with zero attached hydrogens (tertiary/aromatic N) is 5. The summed E-state index contributed by atoms with van der Waals surface area (Å²) in [6.07, 6.45) is 1.91. The second-order valence-electron chi connectivity index (χ2n) is 7.60. The van der Waals surface area contributed by atoms with Crippen LogP contribution in [0.3, 0.4) is 0 Å². The molecule has 0 saturated carbocycles. The summed E-state index contributed by atoms with van der Waals surface area (Å²) in [7, 11) is 3.48. The van der Waals surface area contributed by atoms with Gasteiger partial charge in [-0.1, -0.05) is 38.1 Å². The Morgan fingerprint density at radius 3 is 2.68 bits per heavy atom. The molecule has 172 valence electrons. The molecule has 0 radical (unpaired) electrons. The van der Waals surface area contributed by atoms with Crippen LogP contribution in [0.4, 0.5) is 0 Å².